The molecule has 0 bridgehead atoms. The maximum absolute atomic E-state index is 6.80. The van der Waals surface area contributed by atoms with E-state index in [0.29, 0.717) is 0 Å². The fourth-order valence-electron chi connectivity index (χ4n) is 7.12. The molecule has 2 heterocycles. The van der Waals surface area contributed by atoms with Crippen LogP contribution in [0.1, 0.15) is 84.6 Å². The predicted octanol–water partition coefficient (Wildman–Crippen LogP) is 9.96. The van der Waals surface area contributed by atoms with Gasteiger partial charge in [0.25, 0.3) is 6.71 Å². The van der Waals surface area contributed by atoms with Crippen LogP contribution in [-0.4, -0.2) is 6.71 Å². The van der Waals surface area contributed by atoms with Gasteiger partial charge in [0.15, 0.2) is 0 Å². The third kappa shape index (κ3) is 5.05. The van der Waals surface area contributed by atoms with Gasteiger partial charge in [0.1, 0.15) is 11.5 Å². The van der Waals surface area contributed by atoms with Crippen molar-refractivity contribution in [2.75, 3.05) is 4.90 Å². The minimum atomic E-state index is 0.00405. The van der Waals surface area contributed by atoms with Gasteiger partial charge < -0.3 is 9.64 Å². The lowest BCUT2D eigenvalue weighted by atomic mass is 9.34. The zero-order valence-electron chi connectivity index (χ0n) is 29.2. The first kappa shape index (κ1) is 30.4. The summed E-state index contributed by atoms with van der Waals surface area (Å²) in [6.45, 7) is 23.0. The Kier molecular flexibility index (Phi) is 6.87. The second-order valence-electron chi connectivity index (χ2n) is 16.4. The highest BCUT2D eigenvalue weighted by Gasteiger charge is 2.43. The van der Waals surface area contributed by atoms with Crippen molar-refractivity contribution < 1.29 is 4.74 Å². The van der Waals surface area contributed by atoms with Crippen LogP contribution < -0.4 is 26.0 Å². The molecule has 0 saturated heterocycles. The number of ether oxygens (including phenoxy) is 1. The smallest absolute Gasteiger partial charge is 0.256 e. The molecule has 7 rings (SSSR count). The van der Waals surface area contributed by atoms with E-state index in [0.717, 1.165) is 11.5 Å². The summed E-state index contributed by atoms with van der Waals surface area (Å²) in [7, 11) is 0. The Bertz CT molecular complexity index is 1990. The Morgan fingerprint density at radius 1 is 0.522 bits per heavy atom. The molecule has 0 unspecified atom stereocenters. The number of rotatable bonds is 2. The van der Waals surface area contributed by atoms with E-state index >= 15 is 0 Å². The molecule has 0 amide bonds. The van der Waals surface area contributed by atoms with Crippen LogP contribution in [0.5, 0.6) is 11.5 Å². The van der Waals surface area contributed by atoms with Crippen molar-refractivity contribution in [3.05, 3.63) is 119 Å². The summed E-state index contributed by atoms with van der Waals surface area (Å²) in [4.78, 5) is 2.53. The third-order valence-electron chi connectivity index (χ3n) is 9.84. The van der Waals surface area contributed by atoms with Crippen LogP contribution >= 0.6 is 0 Å². The topological polar surface area (TPSA) is 12.5 Å². The van der Waals surface area contributed by atoms with Gasteiger partial charge in [-0.1, -0.05) is 123 Å². The molecule has 5 aromatic carbocycles. The van der Waals surface area contributed by atoms with Crippen molar-refractivity contribution in [1.82, 2.24) is 0 Å². The van der Waals surface area contributed by atoms with Crippen LogP contribution in [0.3, 0.4) is 0 Å². The minimum absolute atomic E-state index is 0.00405. The number of benzene rings is 5. The van der Waals surface area contributed by atoms with Crippen molar-refractivity contribution in [1.29, 1.82) is 0 Å². The Hall–Kier alpha value is -4.24. The van der Waals surface area contributed by atoms with Gasteiger partial charge in [-0.25, -0.2) is 0 Å². The molecule has 0 N–H and O–H groups in total. The van der Waals surface area contributed by atoms with Gasteiger partial charge in [-0.15, -0.1) is 0 Å². The maximum atomic E-state index is 6.80. The van der Waals surface area contributed by atoms with Crippen molar-refractivity contribution in [2.24, 2.45) is 0 Å². The molecule has 0 atom stereocenters. The third-order valence-corrected chi connectivity index (χ3v) is 9.84. The lowest BCUT2D eigenvalue weighted by Gasteiger charge is -2.42. The monoisotopic (exact) mass is 603 g/mol. The van der Waals surface area contributed by atoms with Crippen LogP contribution in [-0.2, 0) is 16.2 Å². The molecule has 0 aromatic heterocycles. The van der Waals surface area contributed by atoms with Crippen molar-refractivity contribution in [2.45, 2.75) is 85.5 Å². The maximum Gasteiger partial charge on any atom is 0.256 e. The highest BCUT2D eigenvalue weighted by Crippen LogP contribution is 2.46. The molecule has 0 spiro atoms. The van der Waals surface area contributed by atoms with E-state index in [1.54, 1.807) is 0 Å². The van der Waals surface area contributed by atoms with E-state index in [4.69, 9.17) is 4.74 Å². The molecule has 46 heavy (non-hydrogen) atoms. The zero-order chi connectivity index (χ0) is 32.8. The first-order valence-electron chi connectivity index (χ1n) is 16.7. The van der Waals surface area contributed by atoms with Crippen LogP contribution in [0.2, 0.25) is 0 Å². The average molecular weight is 604 g/mol. The molecular weight excluding hydrogens is 557 g/mol. The average Bonchev–Trinajstić information content (AvgIpc) is 2.99. The number of hydrogen-bond donors (Lipinski definition) is 0. The quantitative estimate of drug-likeness (QED) is 0.182. The number of hydrogen-bond acceptors (Lipinski definition) is 2. The van der Waals surface area contributed by atoms with E-state index in [1.807, 2.05) is 0 Å². The molecule has 232 valence electrons. The largest absolute Gasteiger partial charge is 0.458 e. The summed E-state index contributed by atoms with van der Waals surface area (Å²) >= 11 is 0. The molecule has 0 radical (unpaired) electrons. The highest BCUT2D eigenvalue weighted by atomic mass is 16.5. The Morgan fingerprint density at radius 3 is 1.80 bits per heavy atom. The summed E-state index contributed by atoms with van der Waals surface area (Å²) in [5, 5.41) is 0. The first-order valence-corrected chi connectivity index (χ1v) is 16.7. The Morgan fingerprint density at radius 2 is 1.13 bits per heavy atom. The van der Waals surface area contributed by atoms with E-state index in [1.165, 1.54) is 66.8 Å². The second kappa shape index (κ2) is 10.4. The number of aryl methyl sites for hydroxylation is 1. The van der Waals surface area contributed by atoms with Crippen LogP contribution in [0.25, 0.3) is 11.1 Å². The fraction of sp³-hybridized carbons (Fsp3) is 0.302. The summed E-state index contributed by atoms with van der Waals surface area (Å²) in [5.41, 5.74) is 15.1. The number of fused-ring (bicyclic) bond motifs is 4. The molecule has 0 saturated carbocycles. The highest BCUT2D eigenvalue weighted by molar-refractivity contribution is 6.99. The molecule has 0 aliphatic carbocycles. The zero-order valence-corrected chi connectivity index (χ0v) is 29.2. The molecular formula is C43H46BNO. The SMILES string of the molecule is Cc1cc2c3c(c1)N(c1ccc(C(C)(C)C)cc1-c1ccccc1)c1cc(C(C)(C)C)ccc1B3c1cc(C(C)(C)C)ccc1O2. The molecule has 3 heteroatoms. The van der Waals surface area contributed by atoms with E-state index in [2.05, 4.69) is 171 Å². The van der Waals surface area contributed by atoms with Crippen LogP contribution in [0, 0.1) is 6.92 Å². The summed E-state index contributed by atoms with van der Waals surface area (Å²) in [6, 6.07) is 36.6. The van der Waals surface area contributed by atoms with Crippen molar-refractivity contribution in [3.8, 4) is 22.6 Å². The van der Waals surface area contributed by atoms with Crippen molar-refractivity contribution >= 4 is 40.2 Å². The van der Waals surface area contributed by atoms with Crippen LogP contribution in [0.15, 0.2) is 97.1 Å². The van der Waals surface area contributed by atoms with Crippen molar-refractivity contribution in [3.63, 3.8) is 0 Å². The van der Waals surface area contributed by atoms with Gasteiger partial charge in [0.05, 0.1) is 5.69 Å². The molecule has 2 aliphatic heterocycles. The number of nitrogens with zero attached hydrogens (tertiary/aromatic N) is 1. The van der Waals surface area contributed by atoms with E-state index < -0.39 is 0 Å². The lowest BCUT2D eigenvalue weighted by Crippen LogP contribution is -2.59. The van der Waals surface area contributed by atoms with Gasteiger partial charge in [0, 0.05) is 16.9 Å². The van der Waals surface area contributed by atoms with Gasteiger partial charge >= 0.3 is 0 Å². The summed E-state index contributed by atoms with van der Waals surface area (Å²) < 4.78 is 6.80. The van der Waals surface area contributed by atoms with Gasteiger partial charge in [-0.05, 0) is 104 Å². The Balaban J connectivity index is 1.57. The molecule has 5 aromatic rings. The number of anilines is 3. The first-order chi connectivity index (χ1) is 21.6. The van der Waals surface area contributed by atoms with Gasteiger partial charge in [-0.3, -0.25) is 0 Å². The minimum Gasteiger partial charge on any atom is -0.458 e. The van der Waals surface area contributed by atoms with E-state index in [-0.39, 0.29) is 23.0 Å². The van der Waals surface area contributed by atoms with Crippen LogP contribution in [0.4, 0.5) is 17.1 Å². The molecule has 2 aliphatic rings. The summed E-state index contributed by atoms with van der Waals surface area (Å²) in [6.07, 6.45) is 0. The normalized spacial score (nSPS) is 14.0. The predicted molar refractivity (Wildman–Crippen MR) is 199 cm³/mol. The second-order valence-corrected chi connectivity index (χ2v) is 16.4. The van der Waals surface area contributed by atoms with Gasteiger partial charge in [0.2, 0.25) is 0 Å². The lowest BCUT2D eigenvalue weighted by molar-refractivity contribution is 0.486. The fourth-order valence-corrected chi connectivity index (χ4v) is 7.12. The summed E-state index contributed by atoms with van der Waals surface area (Å²) in [5.74, 6) is 1.92. The molecule has 0 fully saturated rings. The van der Waals surface area contributed by atoms with Gasteiger partial charge in [-0.2, -0.15) is 0 Å². The van der Waals surface area contributed by atoms with E-state index in [9.17, 15) is 0 Å². The molecule has 2 nitrogen and oxygen atoms in total. The Labute approximate surface area is 276 Å². The standard InChI is InChI=1S/C43H46BNO/c1-27-22-37-40-39(23-27)46-38-21-18-30(42(5,6)7)25-34(38)44(40)33-19-16-31(43(8,9)10)26-36(33)45(37)35-20-17-29(41(2,3)4)24-32(35)28-14-12-11-13-15-28/h11-26H,1-10H3.